The molecule has 1 aliphatic rings. The van der Waals surface area contributed by atoms with Gasteiger partial charge in [-0.3, -0.25) is 4.79 Å². The molecule has 0 spiro atoms. The third-order valence-electron chi connectivity index (χ3n) is 4.95. The molecule has 0 fully saturated rings. The number of ether oxygens (including phenoxy) is 1. The topological polar surface area (TPSA) is 66.9 Å². The zero-order valence-corrected chi connectivity index (χ0v) is 19.5. The smallest absolute Gasteiger partial charge is 0.243 e. The molecule has 0 saturated heterocycles. The normalized spacial score (nSPS) is 16.2. The van der Waals surface area contributed by atoms with E-state index in [2.05, 4.69) is 15.9 Å². The third kappa shape index (κ3) is 4.30. The first kappa shape index (κ1) is 22.1. The standard InChI is InChI=1S/C20H22BrClN2O4S/c1-4-23(29(26,27)16-6-8-19(28-3)17(22)11-16)12-20(25)24-13(2)9-14-10-15(21)5-7-18(14)24/h5-8,10-11,13H,4,9,12H2,1-3H3/t13-/m0/s1. The first-order valence-corrected chi connectivity index (χ1v) is 11.7. The number of likely N-dealkylation sites (N-methyl/N-ethyl adjacent to an activating group) is 1. The van der Waals surface area contributed by atoms with Gasteiger partial charge in [0.2, 0.25) is 15.9 Å². The fraction of sp³-hybridized carbons (Fsp3) is 0.350. The lowest BCUT2D eigenvalue weighted by Crippen LogP contribution is -2.45. The number of rotatable bonds is 6. The molecule has 1 aliphatic heterocycles. The van der Waals surface area contributed by atoms with Crippen LogP contribution in [0.1, 0.15) is 19.4 Å². The van der Waals surface area contributed by atoms with E-state index in [4.69, 9.17) is 16.3 Å². The van der Waals surface area contributed by atoms with E-state index in [9.17, 15) is 13.2 Å². The molecule has 1 amide bonds. The van der Waals surface area contributed by atoms with Crippen molar-refractivity contribution in [2.24, 2.45) is 0 Å². The molecule has 0 bridgehead atoms. The Balaban J connectivity index is 1.86. The number of nitrogens with zero attached hydrogens (tertiary/aromatic N) is 2. The van der Waals surface area contributed by atoms with E-state index in [0.29, 0.717) is 5.75 Å². The van der Waals surface area contributed by atoms with Crippen LogP contribution in [0.4, 0.5) is 5.69 Å². The minimum atomic E-state index is -3.89. The molecule has 0 N–H and O–H groups in total. The summed E-state index contributed by atoms with van der Waals surface area (Å²) in [6, 6.07) is 9.99. The van der Waals surface area contributed by atoms with Crippen LogP contribution < -0.4 is 9.64 Å². The molecule has 9 heteroatoms. The zero-order chi connectivity index (χ0) is 21.3. The number of fused-ring (bicyclic) bond motifs is 1. The number of sulfonamides is 1. The van der Waals surface area contributed by atoms with Crippen LogP contribution in [0.15, 0.2) is 45.8 Å². The first-order valence-electron chi connectivity index (χ1n) is 9.13. The molecule has 2 aromatic rings. The Morgan fingerprint density at radius 2 is 2.03 bits per heavy atom. The maximum absolute atomic E-state index is 13.1. The summed E-state index contributed by atoms with van der Waals surface area (Å²) in [6.45, 7) is 3.57. The Morgan fingerprint density at radius 1 is 1.31 bits per heavy atom. The number of anilines is 1. The molecule has 0 aliphatic carbocycles. The van der Waals surface area contributed by atoms with Gasteiger partial charge in [-0.15, -0.1) is 0 Å². The summed E-state index contributed by atoms with van der Waals surface area (Å²) in [4.78, 5) is 14.8. The number of carbonyl (C=O) groups is 1. The van der Waals surface area contributed by atoms with Gasteiger partial charge in [-0.25, -0.2) is 8.42 Å². The quantitative estimate of drug-likeness (QED) is 0.598. The Hall–Kier alpha value is -1.61. The second-order valence-corrected chi connectivity index (χ2v) is 10.1. The van der Waals surface area contributed by atoms with Gasteiger partial charge < -0.3 is 9.64 Å². The number of amides is 1. The molecule has 29 heavy (non-hydrogen) atoms. The predicted molar refractivity (Wildman–Crippen MR) is 117 cm³/mol. The van der Waals surface area contributed by atoms with Crippen molar-refractivity contribution in [2.75, 3.05) is 25.1 Å². The molecule has 3 rings (SSSR count). The van der Waals surface area contributed by atoms with Gasteiger partial charge in [-0.2, -0.15) is 4.31 Å². The van der Waals surface area contributed by atoms with Crippen LogP contribution in [-0.2, 0) is 21.2 Å². The molecule has 156 valence electrons. The molecule has 6 nitrogen and oxygen atoms in total. The Labute approximate surface area is 184 Å². The van der Waals surface area contributed by atoms with Crippen molar-refractivity contribution in [3.05, 3.63) is 51.5 Å². The van der Waals surface area contributed by atoms with Crippen molar-refractivity contribution >= 4 is 49.1 Å². The lowest BCUT2D eigenvalue weighted by atomic mass is 10.1. The molecular formula is C20H22BrClN2O4S. The maximum atomic E-state index is 13.1. The maximum Gasteiger partial charge on any atom is 0.243 e. The van der Waals surface area contributed by atoms with Gasteiger partial charge in [0.05, 0.1) is 23.6 Å². The Morgan fingerprint density at radius 3 is 2.66 bits per heavy atom. The van der Waals surface area contributed by atoms with E-state index in [-0.39, 0.29) is 35.0 Å². The monoisotopic (exact) mass is 500 g/mol. The average molecular weight is 502 g/mol. The molecule has 2 aromatic carbocycles. The van der Waals surface area contributed by atoms with Crippen LogP contribution in [0.5, 0.6) is 5.75 Å². The number of carbonyl (C=O) groups excluding carboxylic acids is 1. The Kier molecular flexibility index (Phi) is 6.57. The molecule has 1 heterocycles. The van der Waals surface area contributed by atoms with Crippen LogP contribution in [0.2, 0.25) is 5.02 Å². The molecule has 0 radical (unpaired) electrons. The third-order valence-corrected chi connectivity index (χ3v) is 7.66. The lowest BCUT2D eigenvalue weighted by molar-refractivity contribution is -0.119. The second kappa shape index (κ2) is 8.63. The first-order chi connectivity index (χ1) is 13.7. The molecule has 0 aromatic heterocycles. The van der Waals surface area contributed by atoms with E-state index in [1.165, 1.54) is 25.3 Å². The van der Waals surface area contributed by atoms with Gasteiger partial charge >= 0.3 is 0 Å². The summed E-state index contributed by atoms with van der Waals surface area (Å²) >= 11 is 9.54. The minimum Gasteiger partial charge on any atom is -0.495 e. The van der Waals surface area contributed by atoms with E-state index >= 15 is 0 Å². The van der Waals surface area contributed by atoms with Crippen molar-refractivity contribution in [1.29, 1.82) is 0 Å². The highest BCUT2D eigenvalue weighted by molar-refractivity contribution is 9.10. The van der Waals surface area contributed by atoms with E-state index < -0.39 is 10.0 Å². The van der Waals surface area contributed by atoms with Crippen molar-refractivity contribution in [2.45, 2.75) is 31.2 Å². The summed E-state index contributed by atoms with van der Waals surface area (Å²) in [5.41, 5.74) is 1.89. The highest BCUT2D eigenvalue weighted by Gasteiger charge is 2.34. The van der Waals surface area contributed by atoms with Gasteiger partial charge in [-0.1, -0.05) is 34.5 Å². The van der Waals surface area contributed by atoms with Gasteiger partial charge in [0.1, 0.15) is 5.75 Å². The van der Waals surface area contributed by atoms with E-state index in [1.807, 2.05) is 25.1 Å². The van der Waals surface area contributed by atoms with Gasteiger partial charge in [0.25, 0.3) is 0 Å². The van der Waals surface area contributed by atoms with Crippen LogP contribution >= 0.6 is 27.5 Å². The van der Waals surface area contributed by atoms with Crippen molar-refractivity contribution in [3.63, 3.8) is 0 Å². The van der Waals surface area contributed by atoms with Gasteiger partial charge in [0.15, 0.2) is 0 Å². The second-order valence-electron chi connectivity index (χ2n) is 6.82. The number of methoxy groups -OCH3 is 1. The van der Waals surface area contributed by atoms with Crippen LogP contribution in [0.3, 0.4) is 0 Å². The fourth-order valence-corrected chi connectivity index (χ4v) is 5.69. The largest absolute Gasteiger partial charge is 0.495 e. The SMILES string of the molecule is CCN(CC(=O)N1c2ccc(Br)cc2C[C@@H]1C)S(=O)(=O)c1ccc(OC)c(Cl)c1. The van der Waals surface area contributed by atoms with E-state index in [1.54, 1.807) is 11.8 Å². The van der Waals surface area contributed by atoms with E-state index in [0.717, 1.165) is 26.4 Å². The van der Waals surface area contributed by atoms with Crippen LogP contribution in [-0.4, -0.2) is 44.9 Å². The molecule has 1 atom stereocenters. The van der Waals surface area contributed by atoms with Crippen LogP contribution in [0.25, 0.3) is 0 Å². The van der Waals surface area contributed by atoms with Crippen LogP contribution in [0, 0.1) is 0 Å². The number of hydrogen-bond donors (Lipinski definition) is 0. The lowest BCUT2D eigenvalue weighted by Gasteiger charge is -2.27. The summed E-state index contributed by atoms with van der Waals surface area (Å²) in [5, 5.41) is 0.198. The summed E-state index contributed by atoms with van der Waals surface area (Å²) < 4.78 is 33.4. The van der Waals surface area contributed by atoms with Gasteiger partial charge in [0, 0.05) is 22.7 Å². The van der Waals surface area contributed by atoms with Crippen molar-refractivity contribution in [3.8, 4) is 5.75 Å². The van der Waals surface area contributed by atoms with Crippen molar-refractivity contribution < 1.29 is 17.9 Å². The molecule has 0 saturated carbocycles. The molecular weight excluding hydrogens is 480 g/mol. The highest BCUT2D eigenvalue weighted by atomic mass is 79.9. The van der Waals surface area contributed by atoms with Gasteiger partial charge in [-0.05, 0) is 55.3 Å². The molecule has 0 unspecified atom stereocenters. The summed E-state index contributed by atoms with van der Waals surface area (Å²) in [5.74, 6) is 0.127. The Bertz CT molecular complexity index is 1040. The minimum absolute atomic E-state index is 0.0248. The number of hydrogen-bond acceptors (Lipinski definition) is 4. The van der Waals surface area contributed by atoms with Crippen molar-refractivity contribution in [1.82, 2.24) is 4.31 Å². The zero-order valence-electron chi connectivity index (χ0n) is 16.4. The average Bonchev–Trinajstić information content (AvgIpc) is 3.00. The fourth-order valence-electron chi connectivity index (χ4n) is 3.53. The summed E-state index contributed by atoms with van der Waals surface area (Å²) in [6.07, 6.45) is 0.730. The number of benzene rings is 2. The number of halogens is 2. The highest BCUT2D eigenvalue weighted by Crippen LogP contribution is 2.34. The predicted octanol–water partition coefficient (Wildman–Crippen LogP) is 4.10. The summed E-state index contributed by atoms with van der Waals surface area (Å²) in [7, 11) is -2.43.